The minimum atomic E-state index is -4.30. The molecule has 0 spiro atoms. The van der Waals surface area contributed by atoms with E-state index in [-0.39, 0.29) is 31.3 Å². The van der Waals surface area contributed by atoms with Gasteiger partial charge in [0.15, 0.2) is 0 Å². The first-order chi connectivity index (χ1) is 17.7. The molecule has 2 heterocycles. The van der Waals surface area contributed by atoms with Crippen LogP contribution >= 0.6 is 0 Å². The molecular weight excluding hydrogens is 483 g/mol. The first-order valence-electron chi connectivity index (χ1n) is 12.1. The summed E-state index contributed by atoms with van der Waals surface area (Å²) in [7, 11) is 0. The van der Waals surface area contributed by atoms with Gasteiger partial charge in [-0.2, -0.15) is 13.2 Å². The molecule has 192 valence electrons. The molecule has 10 heteroatoms. The Hall–Kier alpha value is -3.95. The number of urea groups is 1. The fourth-order valence-electron chi connectivity index (χ4n) is 4.43. The van der Waals surface area contributed by atoms with Crippen LogP contribution in [0.25, 0.3) is 22.4 Å². The zero-order valence-electron chi connectivity index (χ0n) is 20.2. The van der Waals surface area contributed by atoms with E-state index in [0.29, 0.717) is 17.2 Å². The molecule has 1 saturated carbocycles. The van der Waals surface area contributed by atoms with Crippen LogP contribution in [-0.2, 0) is 4.79 Å². The maximum atomic E-state index is 13.0. The highest BCUT2D eigenvalue weighted by Crippen LogP contribution is 2.34. The van der Waals surface area contributed by atoms with E-state index in [0.717, 1.165) is 35.1 Å². The molecule has 1 atom stereocenters. The number of aryl methyl sites for hydroxylation is 1. The average molecular weight is 510 g/mol. The fourth-order valence-corrected chi connectivity index (χ4v) is 4.43. The molecular formula is C27H26F3N5O2. The van der Waals surface area contributed by atoms with Gasteiger partial charge < -0.3 is 15.5 Å². The van der Waals surface area contributed by atoms with E-state index < -0.39 is 18.1 Å². The third-order valence-corrected chi connectivity index (χ3v) is 6.76. The van der Waals surface area contributed by atoms with Gasteiger partial charge in [-0.25, -0.2) is 14.8 Å². The van der Waals surface area contributed by atoms with Gasteiger partial charge >= 0.3 is 12.2 Å². The molecule has 2 N–H and O–H groups in total. The van der Waals surface area contributed by atoms with E-state index in [1.54, 1.807) is 12.1 Å². The first-order valence-corrected chi connectivity index (χ1v) is 12.1. The number of anilines is 2. The maximum Gasteiger partial charge on any atom is 0.393 e. The third-order valence-electron chi connectivity index (χ3n) is 6.76. The van der Waals surface area contributed by atoms with Gasteiger partial charge in [-0.05, 0) is 61.1 Å². The zero-order chi connectivity index (χ0) is 26.2. The van der Waals surface area contributed by atoms with Gasteiger partial charge in [0.25, 0.3) is 0 Å². The lowest BCUT2D eigenvalue weighted by atomic mass is 9.97. The van der Waals surface area contributed by atoms with Gasteiger partial charge in [-0.15, -0.1) is 0 Å². The molecule has 7 nitrogen and oxygen atoms in total. The number of halogens is 3. The summed E-state index contributed by atoms with van der Waals surface area (Å²) in [4.78, 5) is 34.4. The van der Waals surface area contributed by atoms with Crippen LogP contribution in [-0.4, -0.2) is 46.1 Å². The standard InChI is InChI=1S/C27H26F3N5O2/c1-16-5-8-21(33-26(37)35-10-9-20(14-35)27(28,29)30)12-22(16)18-3-2-4-19(11-18)23-13-24(32-15-31-23)34-25(36)17-6-7-17/h2-5,8,11-13,15,17,20H,6-7,9-10,14H2,1H3,(H,33,37)(H,31,32,34,36)/t20-/m0/s1. The normalized spacial score (nSPS) is 17.5. The second kappa shape index (κ2) is 9.84. The number of alkyl halides is 3. The predicted molar refractivity (Wildman–Crippen MR) is 134 cm³/mol. The van der Waals surface area contributed by atoms with Crippen LogP contribution in [0.5, 0.6) is 0 Å². The zero-order valence-corrected chi connectivity index (χ0v) is 20.2. The Morgan fingerprint density at radius 3 is 2.49 bits per heavy atom. The van der Waals surface area contributed by atoms with Gasteiger partial charge in [0.2, 0.25) is 5.91 Å². The predicted octanol–water partition coefficient (Wildman–Crippen LogP) is 5.88. The summed E-state index contributed by atoms with van der Waals surface area (Å²) in [5.74, 6) is -1.01. The molecule has 0 bridgehead atoms. The van der Waals surface area contributed by atoms with Crippen LogP contribution in [0, 0.1) is 18.8 Å². The van der Waals surface area contributed by atoms with Crippen molar-refractivity contribution in [1.82, 2.24) is 14.9 Å². The number of likely N-dealkylation sites (tertiary alicyclic amines) is 1. The van der Waals surface area contributed by atoms with Crippen LogP contribution in [0.1, 0.15) is 24.8 Å². The Bertz CT molecular complexity index is 1340. The quantitative estimate of drug-likeness (QED) is 0.450. The Balaban J connectivity index is 1.33. The molecule has 2 fully saturated rings. The number of hydrogen-bond acceptors (Lipinski definition) is 4. The topological polar surface area (TPSA) is 87.2 Å². The van der Waals surface area contributed by atoms with E-state index in [1.165, 1.54) is 11.2 Å². The molecule has 0 radical (unpaired) electrons. The van der Waals surface area contributed by atoms with Gasteiger partial charge in [0.1, 0.15) is 12.1 Å². The molecule has 1 aliphatic heterocycles. The lowest BCUT2D eigenvalue weighted by Crippen LogP contribution is -2.35. The fraction of sp³-hybridized carbons (Fsp3) is 0.333. The van der Waals surface area contributed by atoms with Gasteiger partial charge in [-0.1, -0.05) is 24.3 Å². The summed E-state index contributed by atoms with van der Waals surface area (Å²) in [5, 5.41) is 5.57. The summed E-state index contributed by atoms with van der Waals surface area (Å²) in [6.07, 6.45) is -1.18. The number of hydrogen-bond donors (Lipinski definition) is 2. The lowest BCUT2D eigenvalue weighted by Gasteiger charge is -2.19. The van der Waals surface area contributed by atoms with E-state index >= 15 is 0 Å². The van der Waals surface area contributed by atoms with Crippen molar-refractivity contribution in [3.8, 4) is 22.4 Å². The summed E-state index contributed by atoms with van der Waals surface area (Å²) in [6, 6.07) is 14.3. The Morgan fingerprint density at radius 1 is 0.973 bits per heavy atom. The molecule has 1 aromatic heterocycles. The highest BCUT2D eigenvalue weighted by molar-refractivity contribution is 5.93. The molecule has 37 heavy (non-hydrogen) atoms. The number of nitrogens with one attached hydrogen (secondary N) is 2. The Labute approximate surface area is 212 Å². The number of carbonyl (C=O) groups excluding carboxylic acids is 2. The van der Waals surface area contributed by atoms with Crippen molar-refractivity contribution < 1.29 is 22.8 Å². The molecule has 3 aromatic rings. The summed E-state index contributed by atoms with van der Waals surface area (Å²) < 4.78 is 39.0. The molecule has 0 unspecified atom stereocenters. The van der Waals surface area contributed by atoms with E-state index in [1.807, 2.05) is 43.3 Å². The second-order valence-electron chi connectivity index (χ2n) is 9.57. The largest absolute Gasteiger partial charge is 0.393 e. The highest BCUT2D eigenvalue weighted by Gasteiger charge is 2.44. The summed E-state index contributed by atoms with van der Waals surface area (Å²) in [6.45, 7) is 1.68. The van der Waals surface area contributed by atoms with Crippen molar-refractivity contribution in [2.75, 3.05) is 23.7 Å². The van der Waals surface area contributed by atoms with Crippen molar-refractivity contribution in [3.05, 3.63) is 60.4 Å². The van der Waals surface area contributed by atoms with Crippen molar-refractivity contribution >= 4 is 23.4 Å². The molecule has 1 saturated heterocycles. The van der Waals surface area contributed by atoms with E-state index in [2.05, 4.69) is 20.6 Å². The number of nitrogens with zero attached hydrogens (tertiary/aromatic N) is 3. The van der Waals surface area contributed by atoms with Crippen LogP contribution in [0.3, 0.4) is 0 Å². The summed E-state index contributed by atoms with van der Waals surface area (Å²) >= 11 is 0. The summed E-state index contributed by atoms with van der Waals surface area (Å²) in [5.41, 5.74) is 4.69. The Morgan fingerprint density at radius 2 is 1.76 bits per heavy atom. The van der Waals surface area contributed by atoms with Crippen molar-refractivity contribution in [2.24, 2.45) is 11.8 Å². The number of rotatable bonds is 5. The number of carbonyl (C=O) groups is 2. The molecule has 2 aromatic carbocycles. The molecule has 2 aliphatic rings. The third kappa shape index (κ3) is 5.73. The van der Waals surface area contributed by atoms with Gasteiger partial charge in [0, 0.05) is 36.3 Å². The lowest BCUT2D eigenvalue weighted by molar-refractivity contribution is -0.169. The number of aromatic nitrogens is 2. The molecule has 3 amide bonds. The minimum absolute atomic E-state index is 0.0317. The molecule has 5 rings (SSSR count). The second-order valence-corrected chi connectivity index (χ2v) is 9.57. The smallest absolute Gasteiger partial charge is 0.324 e. The minimum Gasteiger partial charge on any atom is -0.324 e. The first kappa shape index (κ1) is 24.7. The Kier molecular flexibility index (Phi) is 6.57. The van der Waals surface area contributed by atoms with Gasteiger partial charge in [-0.3, -0.25) is 4.79 Å². The van der Waals surface area contributed by atoms with Crippen molar-refractivity contribution in [1.29, 1.82) is 0 Å². The van der Waals surface area contributed by atoms with E-state index in [4.69, 9.17) is 0 Å². The van der Waals surface area contributed by atoms with Crippen molar-refractivity contribution in [3.63, 3.8) is 0 Å². The maximum absolute atomic E-state index is 13.0. The average Bonchev–Trinajstić information content (AvgIpc) is 3.60. The highest BCUT2D eigenvalue weighted by atomic mass is 19.4. The molecule has 1 aliphatic carbocycles. The van der Waals surface area contributed by atoms with E-state index in [9.17, 15) is 22.8 Å². The van der Waals surface area contributed by atoms with Crippen LogP contribution in [0.15, 0.2) is 54.9 Å². The number of benzene rings is 2. The van der Waals surface area contributed by atoms with Crippen molar-refractivity contribution in [2.45, 2.75) is 32.4 Å². The van der Waals surface area contributed by atoms with Gasteiger partial charge in [0.05, 0.1) is 11.6 Å². The SMILES string of the molecule is Cc1ccc(NC(=O)N2CC[C@H](C(F)(F)F)C2)cc1-c1cccc(-c2cc(NC(=O)C3CC3)ncn2)c1. The monoisotopic (exact) mass is 509 g/mol. The van der Waals surface area contributed by atoms with Crippen LogP contribution in [0.2, 0.25) is 0 Å². The van der Waals surface area contributed by atoms with Crippen LogP contribution in [0.4, 0.5) is 29.5 Å². The van der Waals surface area contributed by atoms with Crippen LogP contribution < -0.4 is 10.6 Å². The number of amides is 3.